The van der Waals surface area contributed by atoms with E-state index in [2.05, 4.69) is 44.0 Å². The zero-order chi connectivity index (χ0) is 16.4. The van der Waals surface area contributed by atoms with E-state index in [1.807, 2.05) is 28.8 Å². The zero-order valence-corrected chi connectivity index (χ0v) is 13.9. The maximum absolute atomic E-state index is 6.03. The summed E-state index contributed by atoms with van der Waals surface area (Å²) in [6.07, 6.45) is 8.63. The van der Waals surface area contributed by atoms with Gasteiger partial charge in [-0.2, -0.15) is 0 Å². The molecule has 0 fully saturated rings. The van der Waals surface area contributed by atoms with Crippen LogP contribution in [0.2, 0.25) is 0 Å². The topological polar surface area (TPSA) is 69.6 Å². The summed E-state index contributed by atoms with van der Waals surface area (Å²) in [4.78, 5) is 13.3. The van der Waals surface area contributed by atoms with E-state index >= 15 is 0 Å². The molecule has 0 amide bonds. The molecule has 0 aliphatic rings. The quantitative estimate of drug-likeness (QED) is 0.706. The van der Waals surface area contributed by atoms with E-state index in [-0.39, 0.29) is 0 Å². The number of pyridine rings is 2. The number of halogens is 1. The number of nitrogens with two attached hydrogens (primary N) is 1. The fraction of sp³-hybridized carbons (Fsp3) is 0. The van der Waals surface area contributed by atoms with E-state index in [1.54, 1.807) is 24.5 Å². The number of nitrogen functional groups attached to an aromatic ring is 1. The number of imidazole rings is 1. The summed E-state index contributed by atoms with van der Waals surface area (Å²) in [5, 5.41) is 0. The van der Waals surface area contributed by atoms with Crippen LogP contribution in [-0.2, 0) is 0 Å². The molecule has 0 saturated carbocycles. The van der Waals surface area contributed by atoms with Gasteiger partial charge in [0.2, 0.25) is 0 Å². The highest BCUT2D eigenvalue weighted by atomic mass is 79.9. The Balaban J connectivity index is 2.41. The number of allylic oxidation sites excluding steroid dienone is 4. The van der Waals surface area contributed by atoms with E-state index in [9.17, 15) is 0 Å². The van der Waals surface area contributed by atoms with Gasteiger partial charge in [0.05, 0.1) is 5.56 Å². The third-order valence-electron chi connectivity index (χ3n) is 3.30. The average molecular weight is 368 g/mol. The van der Waals surface area contributed by atoms with Crippen LogP contribution in [0, 0.1) is 0 Å². The number of rotatable bonds is 4. The third-order valence-corrected chi connectivity index (χ3v) is 3.73. The number of aromatic nitrogens is 4. The number of fused-ring (bicyclic) bond motifs is 1. The largest absolute Gasteiger partial charge is 0.383 e. The Morgan fingerprint density at radius 2 is 2.13 bits per heavy atom. The summed E-state index contributed by atoms with van der Waals surface area (Å²) < 4.78 is 2.75. The van der Waals surface area contributed by atoms with Crippen molar-refractivity contribution in [3.8, 4) is 11.4 Å². The molecule has 3 rings (SSSR count). The molecule has 5 nitrogen and oxygen atoms in total. The number of nitrogens with zero attached hydrogens (tertiary/aromatic N) is 4. The summed E-state index contributed by atoms with van der Waals surface area (Å²) >= 11 is 3.42. The Morgan fingerprint density at radius 1 is 1.30 bits per heavy atom. The third kappa shape index (κ3) is 2.68. The Hall–Kier alpha value is -2.73. The van der Waals surface area contributed by atoms with Crippen molar-refractivity contribution in [2.75, 3.05) is 5.73 Å². The molecular formula is C17H14BrN5. The Morgan fingerprint density at radius 3 is 2.83 bits per heavy atom. The maximum atomic E-state index is 6.03. The lowest BCUT2D eigenvalue weighted by atomic mass is 10.2. The number of hydrogen-bond acceptors (Lipinski definition) is 4. The lowest BCUT2D eigenvalue weighted by molar-refractivity contribution is 1.11. The molecule has 6 heteroatoms. The minimum atomic E-state index is 0.408. The van der Waals surface area contributed by atoms with Crippen molar-refractivity contribution < 1.29 is 0 Å². The molecule has 0 aliphatic heterocycles. The molecular weight excluding hydrogens is 354 g/mol. The molecule has 114 valence electrons. The van der Waals surface area contributed by atoms with Gasteiger partial charge in [0, 0.05) is 22.6 Å². The van der Waals surface area contributed by atoms with Crippen molar-refractivity contribution in [3.05, 3.63) is 66.5 Å². The van der Waals surface area contributed by atoms with E-state index in [0.29, 0.717) is 17.3 Å². The Bertz CT molecular complexity index is 939. The molecule has 0 atom stereocenters. The smallest absolute Gasteiger partial charge is 0.165 e. The van der Waals surface area contributed by atoms with Gasteiger partial charge >= 0.3 is 0 Å². The second-order valence-electron chi connectivity index (χ2n) is 4.73. The van der Waals surface area contributed by atoms with Gasteiger partial charge in [-0.3, -0.25) is 4.57 Å². The van der Waals surface area contributed by atoms with Crippen molar-refractivity contribution in [1.29, 1.82) is 0 Å². The molecule has 3 heterocycles. The van der Waals surface area contributed by atoms with E-state index in [0.717, 1.165) is 21.2 Å². The lowest BCUT2D eigenvalue weighted by Gasteiger charge is -2.10. The summed E-state index contributed by atoms with van der Waals surface area (Å²) in [5.74, 6) is 1.06. The maximum Gasteiger partial charge on any atom is 0.165 e. The SMILES string of the molecule is C=C/C=C(\C=C)n1c(-c2cccnc2N)nc2cc(Br)cnc21. The highest BCUT2D eigenvalue weighted by Crippen LogP contribution is 2.30. The molecule has 0 bridgehead atoms. The molecule has 3 aromatic rings. The molecule has 0 aromatic carbocycles. The number of anilines is 1. The first-order chi connectivity index (χ1) is 11.2. The van der Waals surface area contributed by atoms with Crippen LogP contribution in [0.15, 0.2) is 66.5 Å². The summed E-state index contributed by atoms with van der Waals surface area (Å²) in [6, 6.07) is 5.61. The molecule has 23 heavy (non-hydrogen) atoms. The zero-order valence-electron chi connectivity index (χ0n) is 12.3. The molecule has 2 N–H and O–H groups in total. The molecule has 0 aliphatic carbocycles. The van der Waals surface area contributed by atoms with Crippen LogP contribution in [0.25, 0.3) is 28.2 Å². The van der Waals surface area contributed by atoms with Gasteiger partial charge in [-0.25, -0.2) is 15.0 Å². The van der Waals surface area contributed by atoms with Gasteiger partial charge in [-0.05, 0) is 46.3 Å². The van der Waals surface area contributed by atoms with Crippen LogP contribution in [0.3, 0.4) is 0 Å². The summed E-state index contributed by atoms with van der Waals surface area (Å²) in [6.45, 7) is 7.62. The van der Waals surface area contributed by atoms with Gasteiger partial charge in [-0.1, -0.05) is 19.2 Å². The fourth-order valence-corrected chi connectivity index (χ4v) is 2.65. The minimum Gasteiger partial charge on any atom is -0.383 e. The first-order valence-electron chi connectivity index (χ1n) is 6.86. The predicted octanol–water partition coefficient (Wildman–Crippen LogP) is 4.05. The van der Waals surface area contributed by atoms with Crippen molar-refractivity contribution in [2.24, 2.45) is 0 Å². The predicted molar refractivity (Wildman–Crippen MR) is 97.5 cm³/mol. The Labute approximate surface area is 142 Å². The fourth-order valence-electron chi connectivity index (χ4n) is 2.33. The summed E-state index contributed by atoms with van der Waals surface area (Å²) in [7, 11) is 0. The normalized spacial score (nSPS) is 11.6. The summed E-state index contributed by atoms with van der Waals surface area (Å²) in [5.41, 5.74) is 9.02. The van der Waals surface area contributed by atoms with Gasteiger partial charge in [-0.15, -0.1) is 0 Å². The molecule has 3 aromatic heterocycles. The second-order valence-corrected chi connectivity index (χ2v) is 5.65. The molecule has 0 radical (unpaired) electrons. The van der Waals surface area contributed by atoms with Crippen LogP contribution < -0.4 is 5.73 Å². The Kier molecular flexibility index (Phi) is 4.08. The first kappa shape index (κ1) is 15.2. The number of hydrogen-bond donors (Lipinski definition) is 1. The van der Waals surface area contributed by atoms with E-state index in [1.165, 1.54) is 0 Å². The standard InChI is InChI=1S/C17H14BrN5/c1-3-6-12(4-2)23-16(13-7-5-8-20-15(13)19)22-14-9-11(18)10-21-17(14)23/h3-10H,1-2H2,(H2,19,20)/b12-6+. The van der Waals surface area contributed by atoms with Crippen LogP contribution >= 0.6 is 15.9 Å². The van der Waals surface area contributed by atoms with Crippen LogP contribution in [0.5, 0.6) is 0 Å². The van der Waals surface area contributed by atoms with Crippen molar-refractivity contribution in [2.45, 2.75) is 0 Å². The van der Waals surface area contributed by atoms with Gasteiger partial charge in [0.15, 0.2) is 11.5 Å². The van der Waals surface area contributed by atoms with Crippen LogP contribution in [0.1, 0.15) is 0 Å². The van der Waals surface area contributed by atoms with Crippen molar-refractivity contribution in [1.82, 2.24) is 19.5 Å². The average Bonchev–Trinajstić information content (AvgIpc) is 2.91. The van der Waals surface area contributed by atoms with Crippen LogP contribution in [-0.4, -0.2) is 19.5 Å². The van der Waals surface area contributed by atoms with E-state index in [4.69, 9.17) is 5.73 Å². The highest BCUT2D eigenvalue weighted by molar-refractivity contribution is 9.10. The van der Waals surface area contributed by atoms with Crippen LogP contribution in [0.4, 0.5) is 5.82 Å². The van der Waals surface area contributed by atoms with Gasteiger partial charge in [0.25, 0.3) is 0 Å². The monoisotopic (exact) mass is 367 g/mol. The van der Waals surface area contributed by atoms with Gasteiger partial charge in [0.1, 0.15) is 11.3 Å². The highest BCUT2D eigenvalue weighted by Gasteiger charge is 2.17. The lowest BCUT2D eigenvalue weighted by Crippen LogP contribution is -2.02. The van der Waals surface area contributed by atoms with Gasteiger partial charge < -0.3 is 5.73 Å². The van der Waals surface area contributed by atoms with Crippen molar-refractivity contribution in [3.63, 3.8) is 0 Å². The molecule has 0 spiro atoms. The van der Waals surface area contributed by atoms with Crippen molar-refractivity contribution >= 4 is 38.6 Å². The second kappa shape index (κ2) is 6.18. The minimum absolute atomic E-state index is 0.408. The molecule has 0 saturated heterocycles. The van der Waals surface area contributed by atoms with E-state index < -0.39 is 0 Å². The first-order valence-corrected chi connectivity index (χ1v) is 7.65. The molecule has 0 unspecified atom stereocenters.